The highest BCUT2D eigenvalue weighted by molar-refractivity contribution is 7.46. The maximum atomic E-state index is 10.1. The predicted octanol–water partition coefficient (Wildman–Crippen LogP) is -2.12. The van der Waals surface area contributed by atoms with E-state index in [1.165, 1.54) is 12.5 Å². The molecule has 1 aromatic heterocycles. The van der Waals surface area contributed by atoms with Crippen LogP contribution >= 0.6 is 7.82 Å². The number of amides is 1. The van der Waals surface area contributed by atoms with Gasteiger partial charge in [-0.1, -0.05) is 0 Å². The lowest BCUT2D eigenvalue weighted by Crippen LogP contribution is -2.40. The van der Waals surface area contributed by atoms with Crippen molar-refractivity contribution in [2.45, 2.75) is 18.3 Å². The highest BCUT2D eigenvalue weighted by atomic mass is 31.2. The van der Waals surface area contributed by atoms with Crippen LogP contribution in [0.2, 0.25) is 0 Å². The zero-order valence-electron chi connectivity index (χ0n) is 11.4. The van der Waals surface area contributed by atoms with E-state index in [-0.39, 0.29) is 6.29 Å². The monoisotopic (exact) mass is 357 g/mol. The van der Waals surface area contributed by atoms with Crippen LogP contribution in [0.15, 0.2) is 12.5 Å². The van der Waals surface area contributed by atoms with E-state index in [0.717, 1.165) is 0 Å². The van der Waals surface area contributed by atoms with Crippen LogP contribution in [-0.4, -0.2) is 77.5 Å². The summed E-state index contributed by atoms with van der Waals surface area (Å²) in [5.74, 6) is 0.377. The number of phosphoric acid groups is 1. The van der Waals surface area contributed by atoms with Crippen LogP contribution in [0, 0.1) is 0 Å². The maximum absolute atomic E-state index is 10.1. The Bertz CT molecular complexity index is 518. The Hall–Kier alpha value is -1.86. The molecule has 1 heterocycles. The molecule has 0 aliphatic heterocycles. The van der Waals surface area contributed by atoms with E-state index in [1.807, 2.05) is 0 Å². The number of hydrogen-bond acceptors (Lipinski definition) is 8. The average Bonchev–Trinajstić information content (AvgIpc) is 2.95. The van der Waals surface area contributed by atoms with Gasteiger partial charge in [0, 0.05) is 0 Å². The van der Waals surface area contributed by atoms with Gasteiger partial charge in [-0.05, 0) is 0 Å². The number of aromatic amines is 1. The molecule has 13 nitrogen and oxygen atoms in total. The molecule has 0 radical (unpaired) electrons. The number of nitrogens with one attached hydrogen (secondary N) is 2. The van der Waals surface area contributed by atoms with Gasteiger partial charge in [-0.3, -0.25) is 9.84 Å². The average molecular weight is 357 g/mol. The van der Waals surface area contributed by atoms with Gasteiger partial charge in [-0.15, -0.1) is 0 Å². The van der Waals surface area contributed by atoms with E-state index in [1.54, 1.807) is 0 Å². The lowest BCUT2D eigenvalue weighted by molar-refractivity contribution is -0.127. The standard InChI is InChI=1S/C5H11O8P.C4H5N3O2/c6-1-3(7)5(9)4(8)2-13-14(10,11)12;8-4(9)7-3-1-5-2-6-3/h1,3-5,7-9H,2H2,(H2,10,11,12);1-2,7H,(H,5,6)(H,8,9). The van der Waals surface area contributed by atoms with Crippen LogP contribution in [0.5, 0.6) is 0 Å². The fourth-order valence-corrected chi connectivity index (χ4v) is 1.37. The molecule has 0 aromatic carbocycles. The highest BCUT2D eigenvalue weighted by Crippen LogP contribution is 2.35. The van der Waals surface area contributed by atoms with Crippen LogP contribution in [0.1, 0.15) is 0 Å². The van der Waals surface area contributed by atoms with Crippen molar-refractivity contribution in [2.75, 3.05) is 11.9 Å². The van der Waals surface area contributed by atoms with Crippen molar-refractivity contribution in [1.29, 1.82) is 0 Å². The minimum Gasteiger partial charge on any atom is -0.465 e. The smallest absolute Gasteiger partial charge is 0.465 e. The first kappa shape index (κ1) is 21.1. The summed E-state index contributed by atoms with van der Waals surface area (Å²) >= 11 is 0. The number of aldehydes is 1. The SMILES string of the molecule is O=C(O)Nc1cnc[nH]1.O=CC(O)C(O)C(O)COP(=O)(O)O. The normalized spacial score (nSPS) is 14.8. The van der Waals surface area contributed by atoms with E-state index < -0.39 is 38.8 Å². The van der Waals surface area contributed by atoms with Gasteiger partial charge in [0.05, 0.1) is 19.1 Å². The van der Waals surface area contributed by atoms with Crippen molar-refractivity contribution < 1.29 is 48.9 Å². The minimum atomic E-state index is -4.74. The number of aliphatic hydroxyl groups excluding tert-OH is 3. The molecule has 3 atom stereocenters. The first-order chi connectivity index (χ1) is 10.6. The third-order valence-corrected chi connectivity index (χ3v) is 2.52. The summed E-state index contributed by atoms with van der Waals surface area (Å²) in [6.45, 7) is -0.893. The number of phosphoric ester groups is 1. The van der Waals surface area contributed by atoms with Crippen LogP contribution in [0.4, 0.5) is 10.6 Å². The number of hydrogen-bond donors (Lipinski definition) is 8. The number of H-pyrrole nitrogens is 1. The molecule has 1 aromatic rings. The Labute approximate surface area is 128 Å². The summed E-state index contributed by atoms with van der Waals surface area (Å²) < 4.78 is 14.0. The summed E-state index contributed by atoms with van der Waals surface area (Å²) in [5.41, 5.74) is 0. The number of anilines is 1. The van der Waals surface area contributed by atoms with Crippen molar-refractivity contribution in [1.82, 2.24) is 9.97 Å². The Morgan fingerprint density at radius 3 is 2.43 bits per heavy atom. The largest absolute Gasteiger partial charge is 0.469 e. The molecule has 3 unspecified atom stereocenters. The summed E-state index contributed by atoms with van der Waals surface area (Å²) in [5, 5.41) is 36.8. The number of carboxylic acid groups (broad SMARTS) is 1. The second-order valence-electron chi connectivity index (χ2n) is 3.87. The number of nitrogens with zero attached hydrogens (tertiary/aromatic N) is 1. The van der Waals surface area contributed by atoms with E-state index in [2.05, 4.69) is 19.8 Å². The number of imidazole rings is 1. The first-order valence-corrected chi connectivity index (χ1v) is 7.27. The topological polar surface area (TPSA) is 223 Å². The van der Waals surface area contributed by atoms with Crippen LogP contribution in [0.3, 0.4) is 0 Å². The van der Waals surface area contributed by atoms with Gasteiger partial charge in [0.1, 0.15) is 24.1 Å². The van der Waals surface area contributed by atoms with Crippen molar-refractivity contribution in [2.24, 2.45) is 0 Å². The minimum absolute atomic E-state index is 0.0225. The van der Waals surface area contributed by atoms with Crippen LogP contribution < -0.4 is 5.32 Å². The molecule has 0 aliphatic rings. The van der Waals surface area contributed by atoms with Crippen molar-refractivity contribution in [3.63, 3.8) is 0 Å². The molecule has 1 amide bonds. The van der Waals surface area contributed by atoms with Gasteiger partial charge in [-0.2, -0.15) is 0 Å². The maximum Gasteiger partial charge on any atom is 0.469 e. The molecule has 132 valence electrons. The van der Waals surface area contributed by atoms with Gasteiger partial charge in [0.15, 0.2) is 6.29 Å². The molecule has 14 heteroatoms. The van der Waals surface area contributed by atoms with Gasteiger partial charge in [-0.25, -0.2) is 14.3 Å². The van der Waals surface area contributed by atoms with E-state index in [9.17, 15) is 14.2 Å². The predicted molar refractivity (Wildman–Crippen MR) is 72.3 cm³/mol. The lowest BCUT2D eigenvalue weighted by atomic mass is 10.1. The number of aromatic nitrogens is 2. The quantitative estimate of drug-likeness (QED) is 0.194. The Morgan fingerprint density at radius 2 is 2.04 bits per heavy atom. The molecule has 1 rings (SSSR count). The summed E-state index contributed by atoms with van der Waals surface area (Å²) in [6, 6.07) is 0. The zero-order chi connectivity index (χ0) is 18.0. The number of aliphatic hydroxyl groups is 3. The van der Waals surface area contributed by atoms with E-state index >= 15 is 0 Å². The molecule has 0 aliphatic carbocycles. The van der Waals surface area contributed by atoms with Gasteiger partial charge in [0.25, 0.3) is 0 Å². The molecule has 0 spiro atoms. The molecule has 23 heavy (non-hydrogen) atoms. The van der Waals surface area contributed by atoms with Gasteiger partial charge < -0.3 is 40.0 Å². The molecular weight excluding hydrogens is 341 g/mol. The molecule has 0 fully saturated rings. The van der Waals surface area contributed by atoms with E-state index in [0.29, 0.717) is 5.82 Å². The molecular formula is C9H16N3O10P. The molecule has 0 saturated carbocycles. The number of rotatable bonds is 7. The summed E-state index contributed by atoms with van der Waals surface area (Å²) in [7, 11) is -4.74. The Balaban J connectivity index is 0.000000459. The van der Waals surface area contributed by atoms with Gasteiger partial charge in [0.2, 0.25) is 0 Å². The van der Waals surface area contributed by atoms with Crippen molar-refractivity contribution in [3.8, 4) is 0 Å². The molecule has 8 N–H and O–H groups in total. The van der Waals surface area contributed by atoms with Crippen LogP contribution in [-0.2, 0) is 13.9 Å². The first-order valence-electron chi connectivity index (χ1n) is 5.74. The summed E-state index contributed by atoms with van der Waals surface area (Å²) in [4.78, 5) is 42.4. The zero-order valence-corrected chi connectivity index (χ0v) is 12.3. The fraction of sp³-hybridized carbons (Fsp3) is 0.444. The molecule has 0 saturated heterocycles. The third-order valence-electron chi connectivity index (χ3n) is 2.04. The fourth-order valence-electron chi connectivity index (χ4n) is 1.02. The second kappa shape index (κ2) is 10.0. The second-order valence-corrected chi connectivity index (χ2v) is 5.11. The summed E-state index contributed by atoms with van der Waals surface area (Å²) in [6.07, 6.45) is -3.78. The lowest BCUT2D eigenvalue weighted by Gasteiger charge is -2.19. The van der Waals surface area contributed by atoms with Crippen molar-refractivity contribution in [3.05, 3.63) is 12.5 Å². The third kappa shape index (κ3) is 10.5. The van der Waals surface area contributed by atoms with Gasteiger partial charge >= 0.3 is 13.9 Å². The number of carbonyl (C=O) groups is 2. The van der Waals surface area contributed by atoms with E-state index in [4.69, 9.17) is 30.2 Å². The van der Waals surface area contributed by atoms with Crippen molar-refractivity contribution >= 4 is 26.0 Å². The Kier molecular flexibility index (Phi) is 9.21. The Morgan fingerprint density at radius 1 is 1.43 bits per heavy atom. The highest BCUT2D eigenvalue weighted by Gasteiger charge is 2.27. The molecule has 0 bridgehead atoms. The van der Waals surface area contributed by atoms with Crippen LogP contribution in [0.25, 0.3) is 0 Å². The number of carbonyl (C=O) groups excluding carboxylic acids is 1.